The van der Waals surface area contributed by atoms with E-state index in [0.717, 1.165) is 0 Å². The summed E-state index contributed by atoms with van der Waals surface area (Å²) in [7, 11) is -3.57. The summed E-state index contributed by atoms with van der Waals surface area (Å²) < 4.78 is 26.4. The first-order valence-corrected chi connectivity index (χ1v) is 7.80. The number of nitrogens with zero attached hydrogens (tertiary/aromatic N) is 1. The standard InChI is InChI=1S/C11H14Cl2N2O2S.ClH/c1-8-7-15(6-5-14-8)18(16,17)10-4-2-3-9(12)11(10)13;/h2-4,8,14H,5-7H2,1H3;1H/t8-;/m1./s1. The molecule has 0 aliphatic carbocycles. The highest BCUT2D eigenvalue weighted by molar-refractivity contribution is 7.89. The Balaban J connectivity index is 0.00000180. The van der Waals surface area contributed by atoms with E-state index < -0.39 is 10.0 Å². The van der Waals surface area contributed by atoms with E-state index >= 15 is 0 Å². The number of sulfonamides is 1. The highest BCUT2D eigenvalue weighted by Crippen LogP contribution is 2.31. The smallest absolute Gasteiger partial charge is 0.244 e. The number of piperazine rings is 1. The Morgan fingerprint density at radius 1 is 1.37 bits per heavy atom. The van der Waals surface area contributed by atoms with Crippen molar-refractivity contribution in [3.8, 4) is 0 Å². The van der Waals surface area contributed by atoms with Crippen LogP contribution in [0.3, 0.4) is 0 Å². The van der Waals surface area contributed by atoms with E-state index in [-0.39, 0.29) is 33.4 Å². The molecule has 1 N–H and O–H groups in total. The zero-order valence-corrected chi connectivity index (χ0v) is 13.4. The summed E-state index contributed by atoms with van der Waals surface area (Å²) in [5.41, 5.74) is 0. The van der Waals surface area contributed by atoms with Crippen molar-refractivity contribution in [2.75, 3.05) is 19.6 Å². The van der Waals surface area contributed by atoms with Crippen LogP contribution in [0, 0.1) is 0 Å². The first-order chi connectivity index (χ1) is 8.43. The van der Waals surface area contributed by atoms with Crippen LogP contribution in [0.4, 0.5) is 0 Å². The maximum absolute atomic E-state index is 12.5. The van der Waals surface area contributed by atoms with E-state index in [1.807, 2.05) is 6.92 Å². The normalized spacial score (nSPS) is 20.9. The van der Waals surface area contributed by atoms with Crippen molar-refractivity contribution in [2.45, 2.75) is 17.9 Å². The minimum absolute atomic E-state index is 0. The largest absolute Gasteiger partial charge is 0.312 e. The van der Waals surface area contributed by atoms with Gasteiger partial charge < -0.3 is 5.32 Å². The van der Waals surface area contributed by atoms with Gasteiger partial charge in [0.2, 0.25) is 10.0 Å². The Hall–Kier alpha value is -0.0400. The molecule has 0 unspecified atom stereocenters. The van der Waals surface area contributed by atoms with Crippen LogP contribution in [0.25, 0.3) is 0 Å². The molecule has 1 aliphatic rings. The molecule has 1 heterocycles. The number of halogens is 3. The van der Waals surface area contributed by atoms with Crippen molar-refractivity contribution >= 4 is 45.6 Å². The summed E-state index contributed by atoms with van der Waals surface area (Å²) in [6.45, 7) is 3.46. The van der Waals surface area contributed by atoms with Crippen LogP contribution in [0.15, 0.2) is 23.1 Å². The van der Waals surface area contributed by atoms with Gasteiger partial charge >= 0.3 is 0 Å². The molecule has 1 aliphatic heterocycles. The molecule has 19 heavy (non-hydrogen) atoms. The molecule has 0 aromatic heterocycles. The highest BCUT2D eigenvalue weighted by atomic mass is 35.5. The Morgan fingerprint density at radius 2 is 2.05 bits per heavy atom. The third-order valence-electron chi connectivity index (χ3n) is 2.87. The maximum atomic E-state index is 12.5. The molecule has 0 saturated carbocycles. The molecule has 2 rings (SSSR count). The quantitative estimate of drug-likeness (QED) is 0.895. The zero-order valence-electron chi connectivity index (χ0n) is 10.3. The topological polar surface area (TPSA) is 49.4 Å². The number of hydrogen-bond donors (Lipinski definition) is 1. The average Bonchev–Trinajstić information content (AvgIpc) is 2.32. The van der Waals surface area contributed by atoms with Gasteiger partial charge in [0.15, 0.2) is 0 Å². The second kappa shape index (κ2) is 6.61. The molecule has 1 aromatic rings. The lowest BCUT2D eigenvalue weighted by atomic mass is 10.3. The molecule has 8 heteroatoms. The van der Waals surface area contributed by atoms with Crippen molar-refractivity contribution in [3.05, 3.63) is 28.2 Å². The first kappa shape index (κ1) is 17.0. The van der Waals surface area contributed by atoms with E-state index in [9.17, 15) is 8.42 Å². The molecule has 1 atom stereocenters. The molecule has 0 spiro atoms. The molecular formula is C11H15Cl3N2O2S. The van der Waals surface area contributed by atoms with Crippen LogP contribution >= 0.6 is 35.6 Å². The van der Waals surface area contributed by atoms with Crippen LogP contribution in [-0.2, 0) is 10.0 Å². The summed E-state index contributed by atoms with van der Waals surface area (Å²) in [4.78, 5) is 0.0748. The molecule has 108 valence electrons. The fourth-order valence-electron chi connectivity index (χ4n) is 1.94. The number of benzene rings is 1. The minimum atomic E-state index is -3.57. The van der Waals surface area contributed by atoms with E-state index in [2.05, 4.69) is 5.32 Å². The summed E-state index contributed by atoms with van der Waals surface area (Å²) in [6.07, 6.45) is 0. The summed E-state index contributed by atoms with van der Waals surface area (Å²) in [6, 6.07) is 4.78. The maximum Gasteiger partial charge on any atom is 0.244 e. The first-order valence-electron chi connectivity index (χ1n) is 5.60. The van der Waals surface area contributed by atoms with Crippen molar-refractivity contribution in [1.29, 1.82) is 0 Å². The number of nitrogens with one attached hydrogen (secondary N) is 1. The molecule has 0 bridgehead atoms. The molecule has 1 saturated heterocycles. The third-order valence-corrected chi connectivity index (χ3v) is 5.70. The second-order valence-corrected chi connectivity index (χ2v) is 6.96. The fraction of sp³-hybridized carbons (Fsp3) is 0.455. The molecule has 0 amide bonds. The molecule has 1 aromatic carbocycles. The molecule has 4 nitrogen and oxygen atoms in total. The van der Waals surface area contributed by atoms with Crippen LogP contribution in [0.1, 0.15) is 6.92 Å². The average molecular weight is 346 g/mol. The fourth-order valence-corrected chi connectivity index (χ4v) is 4.20. The summed E-state index contributed by atoms with van der Waals surface area (Å²) in [5.74, 6) is 0. The number of hydrogen-bond acceptors (Lipinski definition) is 3. The van der Waals surface area contributed by atoms with Crippen molar-refractivity contribution < 1.29 is 8.42 Å². The SMILES string of the molecule is C[C@@H]1CN(S(=O)(=O)c2cccc(Cl)c2Cl)CCN1.Cl. The Kier molecular flexibility index (Phi) is 5.92. The van der Waals surface area contributed by atoms with Crippen LogP contribution < -0.4 is 5.32 Å². The minimum Gasteiger partial charge on any atom is -0.312 e. The highest BCUT2D eigenvalue weighted by Gasteiger charge is 2.30. The van der Waals surface area contributed by atoms with Gasteiger partial charge in [0.25, 0.3) is 0 Å². The lowest BCUT2D eigenvalue weighted by Gasteiger charge is -2.31. The second-order valence-electron chi connectivity index (χ2n) is 4.27. The van der Waals surface area contributed by atoms with E-state index in [1.54, 1.807) is 12.1 Å². The molecule has 0 radical (unpaired) electrons. The molecular weight excluding hydrogens is 331 g/mol. The monoisotopic (exact) mass is 344 g/mol. The van der Waals surface area contributed by atoms with Gasteiger partial charge in [-0.15, -0.1) is 12.4 Å². The van der Waals surface area contributed by atoms with Crippen LogP contribution in [-0.4, -0.2) is 38.4 Å². The predicted octanol–water partition coefficient (Wildman–Crippen LogP) is 2.40. The predicted molar refractivity (Wildman–Crippen MR) is 79.9 cm³/mol. The van der Waals surface area contributed by atoms with E-state index in [1.165, 1.54) is 10.4 Å². The van der Waals surface area contributed by atoms with Gasteiger partial charge in [-0.05, 0) is 19.1 Å². The van der Waals surface area contributed by atoms with Gasteiger partial charge in [-0.2, -0.15) is 4.31 Å². The van der Waals surface area contributed by atoms with Crippen molar-refractivity contribution in [3.63, 3.8) is 0 Å². The van der Waals surface area contributed by atoms with Gasteiger partial charge in [-0.1, -0.05) is 29.3 Å². The lowest BCUT2D eigenvalue weighted by Crippen LogP contribution is -2.51. The summed E-state index contributed by atoms with van der Waals surface area (Å²) >= 11 is 11.8. The van der Waals surface area contributed by atoms with E-state index in [0.29, 0.717) is 19.6 Å². The van der Waals surface area contributed by atoms with E-state index in [4.69, 9.17) is 23.2 Å². The third kappa shape index (κ3) is 3.54. The molecule has 1 fully saturated rings. The van der Waals surface area contributed by atoms with Crippen LogP contribution in [0.5, 0.6) is 0 Å². The van der Waals surface area contributed by atoms with Gasteiger partial charge in [0, 0.05) is 25.7 Å². The van der Waals surface area contributed by atoms with Crippen molar-refractivity contribution in [1.82, 2.24) is 9.62 Å². The van der Waals surface area contributed by atoms with Crippen LogP contribution in [0.2, 0.25) is 10.0 Å². The Labute approximate surface area is 129 Å². The summed E-state index contributed by atoms with van der Waals surface area (Å²) in [5, 5.41) is 3.54. The van der Waals surface area contributed by atoms with Gasteiger partial charge in [0.05, 0.1) is 10.0 Å². The van der Waals surface area contributed by atoms with Gasteiger partial charge in [0.1, 0.15) is 4.90 Å². The lowest BCUT2D eigenvalue weighted by molar-refractivity contribution is 0.310. The Bertz CT molecular complexity index is 551. The van der Waals surface area contributed by atoms with Gasteiger partial charge in [-0.3, -0.25) is 0 Å². The Morgan fingerprint density at radius 3 is 2.68 bits per heavy atom. The number of rotatable bonds is 2. The zero-order chi connectivity index (χ0) is 13.3. The van der Waals surface area contributed by atoms with Gasteiger partial charge in [-0.25, -0.2) is 8.42 Å². The van der Waals surface area contributed by atoms with Crippen molar-refractivity contribution in [2.24, 2.45) is 0 Å².